The lowest BCUT2D eigenvalue weighted by molar-refractivity contribution is -0.142. The molecule has 2 N–H and O–H groups in total. The Hall–Kier alpha value is -1.01. The molecule has 0 spiro atoms. The summed E-state index contributed by atoms with van der Waals surface area (Å²) in [5.41, 5.74) is 0.422. The van der Waals surface area contributed by atoms with Gasteiger partial charge in [0.05, 0.1) is 5.41 Å². The Labute approximate surface area is 136 Å². The number of benzene rings is 1. The van der Waals surface area contributed by atoms with Crippen molar-refractivity contribution in [1.82, 2.24) is 5.32 Å². The third-order valence-corrected chi connectivity index (χ3v) is 4.97. The van der Waals surface area contributed by atoms with E-state index in [0.717, 1.165) is 22.9 Å². The average molecular weight is 372 g/mol. The molecular formula is C15H18BrNO3S. The molecule has 1 aromatic carbocycles. The van der Waals surface area contributed by atoms with Crippen LogP contribution in [0.3, 0.4) is 0 Å². The molecule has 1 saturated carbocycles. The maximum absolute atomic E-state index is 12.5. The van der Waals surface area contributed by atoms with Gasteiger partial charge in [-0.2, -0.15) is 11.8 Å². The van der Waals surface area contributed by atoms with Crippen LogP contribution in [0.1, 0.15) is 24.8 Å². The minimum Gasteiger partial charge on any atom is -0.480 e. The van der Waals surface area contributed by atoms with E-state index in [1.807, 2.05) is 30.5 Å². The summed E-state index contributed by atoms with van der Waals surface area (Å²) >= 11 is 4.95. The minimum absolute atomic E-state index is 0.168. The van der Waals surface area contributed by atoms with E-state index in [9.17, 15) is 14.7 Å². The fraction of sp³-hybridized carbons (Fsp3) is 0.467. The molecule has 1 aliphatic carbocycles. The maximum atomic E-state index is 12.5. The van der Waals surface area contributed by atoms with Crippen LogP contribution in [0.4, 0.5) is 0 Å². The first-order valence-electron chi connectivity index (χ1n) is 6.78. The summed E-state index contributed by atoms with van der Waals surface area (Å²) in [7, 11) is 0. The van der Waals surface area contributed by atoms with Crippen molar-refractivity contribution in [2.75, 3.05) is 12.0 Å². The molecule has 0 unspecified atom stereocenters. The van der Waals surface area contributed by atoms with Gasteiger partial charge in [-0.15, -0.1) is 0 Å². The molecule has 0 aromatic heterocycles. The predicted octanol–water partition coefficient (Wildman–Crippen LogP) is 2.80. The molecule has 0 bridgehead atoms. The van der Waals surface area contributed by atoms with Gasteiger partial charge in [0, 0.05) is 4.47 Å². The SMILES string of the molecule is CSCC[C@@H](NC(=O)C1(c2ccc(Br)cc2)CC1)C(=O)O. The number of halogens is 1. The number of carboxylic acid groups (broad SMARTS) is 1. The van der Waals surface area contributed by atoms with Crippen LogP contribution in [0.15, 0.2) is 28.7 Å². The third-order valence-electron chi connectivity index (χ3n) is 3.80. The fourth-order valence-electron chi connectivity index (χ4n) is 2.33. The van der Waals surface area contributed by atoms with E-state index in [0.29, 0.717) is 12.2 Å². The number of carbonyl (C=O) groups excluding carboxylic acids is 1. The first-order chi connectivity index (χ1) is 9.99. The highest BCUT2D eigenvalue weighted by molar-refractivity contribution is 9.10. The fourth-order valence-corrected chi connectivity index (χ4v) is 3.07. The lowest BCUT2D eigenvalue weighted by Gasteiger charge is -2.20. The zero-order valence-electron chi connectivity index (χ0n) is 11.8. The Morgan fingerprint density at radius 2 is 2.00 bits per heavy atom. The quantitative estimate of drug-likeness (QED) is 0.773. The van der Waals surface area contributed by atoms with Crippen LogP contribution in [0.5, 0.6) is 0 Å². The number of hydrogen-bond acceptors (Lipinski definition) is 3. The highest BCUT2D eigenvalue weighted by Gasteiger charge is 2.51. The number of carboxylic acids is 1. The Bertz CT molecular complexity index is 528. The number of carbonyl (C=O) groups is 2. The lowest BCUT2D eigenvalue weighted by atomic mass is 9.94. The van der Waals surface area contributed by atoms with Crippen LogP contribution in [-0.4, -0.2) is 35.0 Å². The molecular weight excluding hydrogens is 354 g/mol. The summed E-state index contributed by atoms with van der Waals surface area (Å²) in [6.45, 7) is 0. The van der Waals surface area contributed by atoms with Gasteiger partial charge in [-0.1, -0.05) is 28.1 Å². The second-order valence-electron chi connectivity index (χ2n) is 5.23. The van der Waals surface area contributed by atoms with Gasteiger partial charge in [-0.25, -0.2) is 4.79 Å². The number of aliphatic carboxylic acids is 1. The molecule has 2 rings (SSSR count). The lowest BCUT2D eigenvalue weighted by Crippen LogP contribution is -2.45. The van der Waals surface area contributed by atoms with Crippen molar-refractivity contribution >= 4 is 39.6 Å². The minimum atomic E-state index is -0.969. The molecule has 21 heavy (non-hydrogen) atoms. The first kappa shape index (κ1) is 16.4. The van der Waals surface area contributed by atoms with Crippen molar-refractivity contribution in [3.8, 4) is 0 Å². The first-order valence-corrected chi connectivity index (χ1v) is 8.97. The van der Waals surface area contributed by atoms with E-state index in [-0.39, 0.29) is 5.91 Å². The van der Waals surface area contributed by atoms with Gasteiger partial charge in [0.2, 0.25) is 5.91 Å². The molecule has 0 saturated heterocycles. The molecule has 1 fully saturated rings. The predicted molar refractivity (Wildman–Crippen MR) is 87.6 cm³/mol. The van der Waals surface area contributed by atoms with Gasteiger partial charge >= 0.3 is 5.97 Å². The molecule has 1 aromatic rings. The normalized spacial score (nSPS) is 17.0. The van der Waals surface area contributed by atoms with Crippen molar-refractivity contribution in [3.05, 3.63) is 34.3 Å². The van der Waals surface area contributed by atoms with Gasteiger partial charge < -0.3 is 10.4 Å². The standard InChI is InChI=1S/C15H18BrNO3S/c1-21-9-6-12(13(18)19)17-14(20)15(7-8-15)10-2-4-11(16)5-3-10/h2-5,12H,6-9H2,1H3,(H,17,20)(H,18,19)/t12-/m1/s1. The summed E-state index contributed by atoms with van der Waals surface area (Å²) in [4.78, 5) is 23.7. The summed E-state index contributed by atoms with van der Waals surface area (Å²) in [6.07, 6.45) is 3.91. The highest BCUT2D eigenvalue weighted by atomic mass is 79.9. The van der Waals surface area contributed by atoms with Crippen LogP contribution in [-0.2, 0) is 15.0 Å². The largest absolute Gasteiger partial charge is 0.480 e. The number of amides is 1. The van der Waals surface area contributed by atoms with Gasteiger partial charge in [0.1, 0.15) is 6.04 Å². The maximum Gasteiger partial charge on any atom is 0.326 e. The molecule has 1 aliphatic rings. The van der Waals surface area contributed by atoms with Gasteiger partial charge in [-0.3, -0.25) is 4.79 Å². The second kappa shape index (κ2) is 6.83. The summed E-state index contributed by atoms with van der Waals surface area (Å²) < 4.78 is 0.964. The molecule has 4 nitrogen and oxygen atoms in total. The van der Waals surface area contributed by atoms with E-state index in [2.05, 4.69) is 21.2 Å². The van der Waals surface area contributed by atoms with Crippen LogP contribution < -0.4 is 5.32 Å². The smallest absolute Gasteiger partial charge is 0.326 e. The zero-order valence-corrected chi connectivity index (χ0v) is 14.2. The summed E-state index contributed by atoms with van der Waals surface area (Å²) in [5, 5.41) is 11.9. The Morgan fingerprint density at radius 1 is 1.38 bits per heavy atom. The number of rotatable bonds is 7. The molecule has 0 heterocycles. The Kier molecular flexibility index (Phi) is 5.32. The van der Waals surface area contributed by atoms with E-state index >= 15 is 0 Å². The average Bonchev–Trinajstić information content (AvgIpc) is 3.25. The molecule has 0 radical (unpaired) electrons. The van der Waals surface area contributed by atoms with Crippen LogP contribution >= 0.6 is 27.7 Å². The topological polar surface area (TPSA) is 66.4 Å². The monoisotopic (exact) mass is 371 g/mol. The van der Waals surface area contributed by atoms with Crippen molar-refractivity contribution in [2.45, 2.75) is 30.7 Å². The van der Waals surface area contributed by atoms with Gasteiger partial charge in [-0.05, 0) is 49.0 Å². The number of nitrogens with one attached hydrogen (secondary N) is 1. The molecule has 114 valence electrons. The van der Waals surface area contributed by atoms with Crippen LogP contribution in [0.25, 0.3) is 0 Å². The molecule has 0 aliphatic heterocycles. The molecule has 1 atom stereocenters. The van der Waals surface area contributed by atoms with Crippen LogP contribution in [0, 0.1) is 0 Å². The van der Waals surface area contributed by atoms with Crippen LogP contribution in [0.2, 0.25) is 0 Å². The van der Waals surface area contributed by atoms with E-state index in [1.165, 1.54) is 0 Å². The highest BCUT2D eigenvalue weighted by Crippen LogP contribution is 2.48. The van der Waals surface area contributed by atoms with Crippen molar-refractivity contribution in [1.29, 1.82) is 0 Å². The summed E-state index contributed by atoms with van der Waals surface area (Å²) in [5.74, 6) is -0.426. The molecule has 6 heteroatoms. The van der Waals surface area contributed by atoms with E-state index in [1.54, 1.807) is 11.8 Å². The second-order valence-corrected chi connectivity index (χ2v) is 7.14. The number of hydrogen-bond donors (Lipinski definition) is 2. The van der Waals surface area contributed by atoms with Crippen molar-refractivity contribution in [3.63, 3.8) is 0 Å². The van der Waals surface area contributed by atoms with Crippen molar-refractivity contribution in [2.24, 2.45) is 0 Å². The number of thioether (sulfide) groups is 1. The van der Waals surface area contributed by atoms with Gasteiger partial charge in [0.15, 0.2) is 0 Å². The summed E-state index contributed by atoms with van der Waals surface area (Å²) in [6, 6.07) is 6.86. The van der Waals surface area contributed by atoms with Gasteiger partial charge in [0.25, 0.3) is 0 Å². The van der Waals surface area contributed by atoms with E-state index < -0.39 is 17.4 Å². The Balaban J connectivity index is 2.08. The zero-order chi connectivity index (χ0) is 15.5. The third kappa shape index (κ3) is 3.80. The molecule has 1 amide bonds. The Morgan fingerprint density at radius 3 is 2.48 bits per heavy atom. The van der Waals surface area contributed by atoms with E-state index in [4.69, 9.17) is 0 Å². The van der Waals surface area contributed by atoms with Crippen molar-refractivity contribution < 1.29 is 14.7 Å².